The van der Waals surface area contributed by atoms with Gasteiger partial charge in [0, 0.05) is 45.9 Å². The predicted octanol–water partition coefficient (Wildman–Crippen LogP) is 1.04. The highest BCUT2D eigenvalue weighted by Crippen LogP contribution is 2.18. The van der Waals surface area contributed by atoms with E-state index in [2.05, 4.69) is 13.2 Å². The van der Waals surface area contributed by atoms with Gasteiger partial charge in [-0.15, -0.1) is 0 Å². The first kappa shape index (κ1) is 18.5. The number of ether oxygens (including phenoxy) is 2. The van der Waals surface area contributed by atoms with E-state index in [4.69, 9.17) is 22.8 Å². The van der Waals surface area contributed by atoms with Gasteiger partial charge < -0.3 is 22.8 Å². The summed E-state index contributed by atoms with van der Waals surface area (Å²) < 4.78 is 25.5. The molecule has 0 bridgehead atoms. The lowest BCUT2D eigenvalue weighted by atomic mass is 10.4. The summed E-state index contributed by atoms with van der Waals surface area (Å²) in [7, 11) is 1.54. The highest BCUT2D eigenvalue weighted by atomic mass is 28.4. The molecule has 8 heteroatoms. The molecule has 0 fully saturated rings. The smallest absolute Gasteiger partial charge is 0.422 e. The van der Waals surface area contributed by atoms with Crippen molar-refractivity contribution >= 4 is 20.7 Å². The van der Waals surface area contributed by atoms with E-state index < -0.39 is 27.0 Å². The van der Waals surface area contributed by atoms with Crippen LogP contribution < -0.4 is 0 Å². The van der Waals surface area contributed by atoms with Gasteiger partial charge in [0.2, 0.25) is 6.29 Å². The van der Waals surface area contributed by atoms with Crippen LogP contribution in [0.15, 0.2) is 25.3 Å². The summed E-state index contributed by atoms with van der Waals surface area (Å²) in [6.07, 6.45) is 1.03. The number of carbonyl (C=O) groups excluding carboxylic acids is 2. The Hall–Kier alpha value is -1.48. The molecule has 20 heavy (non-hydrogen) atoms. The minimum Gasteiger partial charge on any atom is -0.422 e. The van der Waals surface area contributed by atoms with Crippen LogP contribution >= 0.6 is 0 Å². The zero-order valence-electron chi connectivity index (χ0n) is 11.9. The second-order valence-electron chi connectivity index (χ2n) is 3.55. The van der Waals surface area contributed by atoms with Crippen LogP contribution in [-0.4, -0.2) is 48.4 Å². The SMILES string of the molecule is C=CC(=O)OC(CC[Si](OC)(OC)OC)OC(=O)C=C. The third kappa shape index (κ3) is 6.11. The van der Waals surface area contributed by atoms with E-state index >= 15 is 0 Å². The van der Waals surface area contributed by atoms with Crippen LogP contribution in [0.1, 0.15) is 6.42 Å². The monoisotopic (exact) mass is 304 g/mol. The molecule has 0 unspecified atom stereocenters. The molecule has 0 N–H and O–H groups in total. The number of esters is 2. The number of hydrogen-bond donors (Lipinski definition) is 0. The lowest BCUT2D eigenvalue weighted by Crippen LogP contribution is -2.43. The van der Waals surface area contributed by atoms with Gasteiger partial charge in [-0.25, -0.2) is 9.59 Å². The third-order valence-corrected chi connectivity index (χ3v) is 5.21. The predicted molar refractivity (Wildman–Crippen MR) is 72.6 cm³/mol. The van der Waals surface area contributed by atoms with E-state index in [1.165, 1.54) is 21.3 Å². The fraction of sp³-hybridized carbons (Fsp3) is 0.500. The van der Waals surface area contributed by atoms with Crippen molar-refractivity contribution in [1.82, 2.24) is 0 Å². The molecule has 114 valence electrons. The van der Waals surface area contributed by atoms with Crippen LogP contribution in [0.25, 0.3) is 0 Å². The summed E-state index contributed by atoms with van der Waals surface area (Å²) in [4.78, 5) is 22.4. The van der Waals surface area contributed by atoms with E-state index in [1.54, 1.807) is 0 Å². The molecule has 0 aromatic rings. The summed E-state index contributed by atoms with van der Waals surface area (Å²) >= 11 is 0. The van der Waals surface area contributed by atoms with Gasteiger partial charge in [0.15, 0.2) is 0 Å². The minimum absolute atomic E-state index is 0.168. The normalized spacial score (nSPS) is 11.0. The fourth-order valence-corrected chi connectivity index (χ4v) is 3.05. The maximum Gasteiger partial charge on any atom is 0.500 e. The molecule has 0 aliphatic heterocycles. The van der Waals surface area contributed by atoms with Crippen molar-refractivity contribution < 1.29 is 32.3 Å². The average Bonchev–Trinajstić information content (AvgIpc) is 2.48. The summed E-state index contributed by atoms with van der Waals surface area (Å²) in [5.74, 6) is -1.40. The van der Waals surface area contributed by atoms with Gasteiger partial charge in [-0.3, -0.25) is 0 Å². The number of carbonyl (C=O) groups is 2. The first-order valence-corrected chi connectivity index (χ1v) is 7.71. The second-order valence-corrected chi connectivity index (χ2v) is 6.64. The lowest BCUT2D eigenvalue weighted by molar-refractivity contribution is -0.181. The Bertz CT molecular complexity index is 321. The second kappa shape index (κ2) is 9.43. The summed E-state index contributed by atoms with van der Waals surface area (Å²) in [6, 6.07) is 0.302. The van der Waals surface area contributed by atoms with E-state index in [0.717, 1.165) is 12.2 Å². The van der Waals surface area contributed by atoms with E-state index in [-0.39, 0.29) is 6.42 Å². The number of hydrogen-bond acceptors (Lipinski definition) is 7. The van der Waals surface area contributed by atoms with Crippen molar-refractivity contribution in [3.8, 4) is 0 Å². The van der Waals surface area contributed by atoms with Crippen molar-refractivity contribution in [3.05, 3.63) is 25.3 Å². The quantitative estimate of drug-likeness (QED) is 0.258. The highest BCUT2D eigenvalue weighted by Gasteiger charge is 2.39. The zero-order chi connectivity index (χ0) is 15.6. The van der Waals surface area contributed by atoms with Crippen LogP contribution in [0.4, 0.5) is 0 Å². The molecule has 0 aromatic heterocycles. The first-order chi connectivity index (χ1) is 9.46. The van der Waals surface area contributed by atoms with E-state index in [1.807, 2.05) is 0 Å². The van der Waals surface area contributed by atoms with Crippen molar-refractivity contribution in [2.45, 2.75) is 18.8 Å². The molecule has 0 atom stereocenters. The van der Waals surface area contributed by atoms with Gasteiger partial charge in [0.05, 0.1) is 0 Å². The van der Waals surface area contributed by atoms with Crippen LogP contribution in [0.5, 0.6) is 0 Å². The standard InChI is InChI=1S/C12H20O7Si/c1-6-10(13)18-12(19-11(14)7-2)8-9-20(15-3,16-4)17-5/h6-7,12H,1-2,8-9H2,3-5H3. The molecular formula is C12H20O7Si. The van der Waals surface area contributed by atoms with Gasteiger partial charge in [0.1, 0.15) is 0 Å². The van der Waals surface area contributed by atoms with Crippen LogP contribution in [0.3, 0.4) is 0 Å². The van der Waals surface area contributed by atoms with Crippen molar-refractivity contribution in [2.24, 2.45) is 0 Å². The largest absolute Gasteiger partial charge is 0.500 e. The molecule has 0 heterocycles. The molecule has 7 nitrogen and oxygen atoms in total. The maximum atomic E-state index is 11.2. The van der Waals surface area contributed by atoms with Crippen LogP contribution in [-0.2, 0) is 32.3 Å². The minimum atomic E-state index is -2.84. The molecule has 0 saturated heterocycles. The third-order valence-electron chi connectivity index (χ3n) is 2.45. The molecule has 0 radical (unpaired) electrons. The summed E-state index contributed by atoms with van der Waals surface area (Å²) in [6.45, 7) is 6.54. The Balaban J connectivity index is 4.69. The topological polar surface area (TPSA) is 80.3 Å². The summed E-state index contributed by atoms with van der Waals surface area (Å²) in [5.41, 5.74) is 0. The number of rotatable bonds is 10. The molecule has 0 aliphatic carbocycles. The Morgan fingerprint density at radius 1 is 1.00 bits per heavy atom. The van der Waals surface area contributed by atoms with Crippen LogP contribution in [0, 0.1) is 0 Å². The van der Waals surface area contributed by atoms with E-state index in [0.29, 0.717) is 6.04 Å². The lowest BCUT2D eigenvalue weighted by Gasteiger charge is -2.26. The van der Waals surface area contributed by atoms with E-state index in [9.17, 15) is 9.59 Å². The highest BCUT2D eigenvalue weighted by molar-refractivity contribution is 6.60. The Kier molecular flexibility index (Phi) is 8.73. The van der Waals surface area contributed by atoms with Crippen LogP contribution in [0.2, 0.25) is 6.04 Å². The molecule has 0 spiro atoms. The molecule has 0 amide bonds. The van der Waals surface area contributed by atoms with Gasteiger partial charge >= 0.3 is 20.7 Å². The molecule has 0 saturated carbocycles. The molecule has 0 aliphatic rings. The average molecular weight is 304 g/mol. The maximum absolute atomic E-state index is 11.2. The molecular weight excluding hydrogens is 284 g/mol. The molecule has 0 rings (SSSR count). The first-order valence-electron chi connectivity index (χ1n) is 5.78. The van der Waals surface area contributed by atoms with Gasteiger partial charge in [-0.2, -0.15) is 0 Å². The van der Waals surface area contributed by atoms with Crippen molar-refractivity contribution in [3.63, 3.8) is 0 Å². The Morgan fingerprint density at radius 3 is 1.70 bits per heavy atom. The molecule has 0 aromatic carbocycles. The van der Waals surface area contributed by atoms with Crippen molar-refractivity contribution in [1.29, 1.82) is 0 Å². The van der Waals surface area contributed by atoms with Gasteiger partial charge in [-0.1, -0.05) is 13.2 Å². The van der Waals surface area contributed by atoms with Crippen molar-refractivity contribution in [2.75, 3.05) is 21.3 Å². The fourth-order valence-electron chi connectivity index (χ4n) is 1.35. The zero-order valence-corrected chi connectivity index (χ0v) is 12.9. The van der Waals surface area contributed by atoms with Gasteiger partial charge in [0.25, 0.3) is 0 Å². The Morgan fingerprint density at radius 2 is 1.40 bits per heavy atom. The van der Waals surface area contributed by atoms with Gasteiger partial charge in [-0.05, 0) is 0 Å². The Labute approximate surface area is 119 Å². The summed E-state index contributed by atoms with van der Waals surface area (Å²) in [5, 5.41) is 0.